The monoisotopic (exact) mass is 296 g/mol. The number of carbonyl (C=O) groups excluding carboxylic acids is 1. The largest absolute Gasteiger partial charge is 0.352 e. The molecule has 0 saturated heterocycles. The second-order valence-electron chi connectivity index (χ2n) is 4.46. The number of rotatable bonds is 6. The molecule has 0 fully saturated rings. The Morgan fingerprint density at radius 2 is 1.95 bits per heavy atom. The molecule has 0 aliphatic heterocycles. The third kappa shape index (κ3) is 4.97. The third-order valence-corrected chi connectivity index (χ3v) is 3.97. The van der Waals surface area contributed by atoms with Gasteiger partial charge in [-0.3, -0.25) is 4.79 Å². The summed E-state index contributed by atoms with van der Waals surface area (Å²) in [4.78, 5) is 13.2. The SMILES string of the molecule is N#Cc1cccc(C(=O)NCCCSc2ccccc2)c1. The number of hydrogen-bond acceptors (Lipinski definition) is 3. The van der Waals surface area contributed by atoms with Crippen molar-refractivity contribution in [3.05, 3.63) is 65.7 Å². The Morgan fingerprint density at radius 3 is 2.71 bits per heavy atom. The summed E-state index contributed by atoms with van der Waals surface area (Å²) >= 11 is 1.78. The molecule has 2 aromatic rings. The summed E-state index contributed by atoms with van der Waals surface area (Å²) < 4.78 is 0. The van der Waals surface area contributed by atoms with Crippen LogP contribution >= 0.6 is 11.8 Å². The van der Waals surface area contributed by atoms with Crippen molar-refractivity contribution in [2.45, 2.75) is 11.3 Å². The molecular formula is C17H16N2OS. The van der Waals surface area contributed by atoms with Gasteiger partial charge in [0.1, 0.15) is 0 Å². The van der Waals surface area contributed by atoms with E-state index in [9.17, 15) is 4.79 Å². The number of carbonyl (C=O) groups is 1. The molecule has 3 nitrogen and oxygen atoms in total. The minimum absolute atomic E-state index is 0.128. The van der Waals surface area contributed by atoms with Crippen LogP contribution in [-0.2, 0) is 0 Å². The number of benzene rings is 2. The molecule has 0 radical (unpaired) electrons. The Bertz CT molecular complexity index is 635. The zero-order valence-electron chi connectivity index (χ0n) is 11.6. The third-order valence-electron chi connectivity index (χ3n) is 2.87. The summed E-state index contributed by atoms with van der Waals surface area (Å²) in [6.45, 7) is 0.634. The lowest BCUT2D eigenvalue weighted by Crippen LogP contribution is -2.24. The van der Waals surface area contributed by atoms with Gasteiger partial charge in [-0.05, 0) is 42.5 Å². The van der Waals surface area contributed by atoms with Crippen molar-refractivity contribution in [2.75, 3.05) is 12.3 Å². The molecule has 21 heavy (non-hydrogen) atoms. The fraction of sp³-hybridized carbons (Fsp3) is 0.176. The Balaban J connectivity index is 1.71. The van der Waals surface area contributed by atoms with Gasteiger partial charge in [0.25, 0.3) is 5.91 Å². The predicted molar refractivity (Wildman–Crippen MR) is 85.3 cm³/mol. The highest BCUT2D eigenvalue weighted by atomic mass is 32.2. The van der Waals surface area contributed by atoms with Crippen molar-refractivity contribution in [3.8, 4) is 6.07 Å². The maximum absolute atomic E-state index is 11.9. The molecule has 0 unspecified atom stereocenters. The molecule has 0 bridgehead atoms. The minimum atomic E-state index is -0.128. The quantitative estimate of drug-likeness (QED) is 0.656. The van der Waals surface area contributed by atoms with Crippen LogP contribution in [0.3, 0.4) is 0 Å². The summed E-state index contributed by atoms with van der Waals surface area (Å²) in [5.41, 5.74) is 1.03. The number of amides is 1. The first-order valence-corrected chi connectivity index (χ1v) is 7.74. The van der Waals surface area contributed by atoms with Crippen molar-refractivity contribution in [1.82, 2.24) is 5.32 Å². The van der Waals surface area contributed by atoms with E-state index < -0.39 is 0 Å². The van der Waals surface area contributed by atoms with Crippen molar-refractivity contribution in [1.29, 1.82) is 5.26 Å². The zero-order valence-corrected chi connectivity index (χ0v) is 12.4. The topological polar surface area (TPSA) is 52.9 Å². The van der Waals surface area contributed by atoms with Crippen molar-refractivity contribution < 1.29 is 4.79 Å². The number of nitrogens with one attached hydrogen (secondary N) is 1. The van der Waals surface area contributed by atoms with Crippen LogP contribution < -0.4 is 5.32 Å². The first-order chi connectivity index (χ1) is 10.3. The first-order valence-electron chi connectivity index (χ1n) is 6.76. The molecule has 1 N–H and O–H groups in total. The van der Waals surface area contributed by atoms with Crippen LogP contribution in [0.2, 0.25) is 0 Å². The molecule has 2 rings (SSSR count). The first kappa shape index (κ1) is 15.1. The van der Waals surface area contributed by atoms with E-state index in [1.165, 1.54) is 4.90 Å². The van der Waals surface area contributed by atoms with Crippen molar-refractivity contribution in [2.24, 2.45) is 0 Å². The Labute approximate surface area is 129 Å². The Kier molecular flexibility index (Phi) is 5.86. The fourth-order valence-electron chi connectivity index (χ4n) is 1.81. The average molecular weight is 296 g/mol. The number of thioether (sulfide) groups is 1. The molecule has 0 heterocycles. The van der Waals surface area contributed by atoms with Crippen LogP contribution in [0.25, 0.3) is 0 Å². The van der Waals surface area contributed by atoms with E-state index in [1.54, 1.807) is 36.0 Å². The van der Waals surface area contributed by atoms with Crippen LogP contribution in [0, 0.1) is 11.3 Å². The summed E-state index contributed by atoms with van der Waals surface area (Å²) in [6.07, 6.45) is 0.906. The lowest BCUT2D eigenvalue weighted by atomic mass is 10.1. The van der Waals surface area contributed by atoms with Gasteiger partial charge in [0.2, 0.25) is 0 Å². The number of nitrogens with zero attached hydrogens (tertiary/aromatic N) is 1. The van der Waals surface area contributed by atoms with E-state index in [0.717, 1.165) is 12.2 Å². The molecule has 0 atom stereocenters. The standard InChI is InChI=1S/C17H16N2OS/c18-13-14-6-4-7-15(12-14)17(20)19-10-5-11-21-16-8-2-1-3-9-16/h1-4,6-9,12H,5,10-11H2,(H,19,20). The van der Waals surface area contributed by atoms with E-state index in [0.29, 0.717) is 17.7 Å². The summed E-state index contributed by atoms with van der Waals surface area (Å²) in [7, 11) is 0. The van der Waals surface area contributed by atoms with E-state index in [2.05, 4.69) is 17.4 Å². The highest BCUT2D eigenvalue weighted by Gasteiger charge is 2.05. The maximum Gasteiger partial charge on any atom is 0.251 e. The summed E-state index contributed by atoms with van der Waals surface area (Å²) in [6, 6.07) is 19.0. The highest BCUT2D eigenvalue weighted by molar-refractivity contribution is 7.99. The van der Waals surface area contributed by atoms with Gasteiger partial charge < -0.3 is 5.32 Å². The van der Waals surface area contributed by atoms with Crippen LogP contribution in [0.15, 0.2) is 59.5 Å². The van der Waals surface area contributed by atoms with Gasteiger partial charge in [0, 0.05) is 17.0 Å². The van der Waals surface area contributed by atoms with Crippen molar-refractivity contribution in [3.63, 3.8) is 0 Å². The van der Waals surface area contributed by atoms with Gasteiger partial charge in [0.05, 0.1) is 11.6 Å². The maximum atomic E-state index is 11.9. The summed E-state index contributed by atoms with van der Waals surface area (Å²) in [5, 5.41) is 11.7. The molecule has 0 aliphatic rings. The van der Waals surface area contributed by atoms with Gasteiger partial charge in [-0.1, -0.05) is 24.3 Å². The van der Waals surface area contributed by atoms with E-state index in [-0.39, 0.29) is 5.91 Å². The van der Waals surface area contributed by atoms with Crippen molar-refractivity contribution >= 4 is 17.7 Å². The highest BCUT2D eigenvalue weighted by Crippen LogP contribution is 2.17. The smallest absolute Gasteiger partial charge is 0.251 e. The van der Waals surface area contributed by atoms with Gasteiger partial charge in [-0.2, -0.15) is 5.26 Å². The molecule has 106 valence electrons. The molecule has 4 heteroatoms. The molecule has 0 aliphatic carbocycles. The predicted octanol–water partition coefficient (Wildman–Crippen LogP) is 3.47. The fourth-order valence-corrected chi connectivity index (χ4v) is 2.69. The van der Waals surface area contributed by atoms with Gasteiger partial charge in [-0.15, -0.1) is 11.8 Å². The molecule has 0 saturated carbocycles. The van der Waals surface area contributed by atoms with Crippen LogP contribution in [0.5, 0.6) is 0 Å². The summed E-state index contributed by atoms with van der Waals surface area (Å²) in [5.74, 6) is 0.833. The van der Waals surface area contributed by atoms with E-state index >= 15 is 0 Å². The second-order valence-corrected chi connectivity index (χ2v) is 5.63. The normalized spacial score (nSPS) is 9.86. The molecule has 0 aromatic heterocycles. The molecule has 2 aromatic carbocycles. The number of nitriles is 1. The van der Waals surface area contributed by atoms with Crippen LogP contribution in [0.1, 0.15) is 22.3 Å². The molecule has 1 amide bonds. The molecular weight excluding hydrogens is 280 g/mol. The van der Waals surface area contributed by atoms with E-state index in [4.69, 9.17) is 5.26 Å². The van der Waals surface area contributed by atoms with Crippen LogP contribution in [0.4, 0.5) is 0 Å². The van der Waals surface area contributed by atoms with Gasteiger partial charge in [-0.25, -0.2) is 0 Å². The Morgan fingerprint density at radius 1 is 1.14 bits per heavy atom. The average Bonchev–Trinajstić information content (AvgIpc) is 2.55. The lowest BCUT2D eigenvalue weighted by molar-refractivity contribution is 0.0954. The molecule has 0 spiro atoms. The lowest BCUT2D eigenvalue weighted by Gasteiger charge is -2.05. The minimum Gasteiger partial charge on any atom is -0.352 e. The Hall–Kier alpha value is -2.25. The number of hydrogen-bond donors (Lipinski definition) is 1. The zero-order chi connectivity index (χ0) is 14.9. The van der Waals surface area contributed by atoms with E-state index in [1.807, 2.05) is 24.3 Å². The second kappa shape index (κ2) is 8.13. The van der Waals surface area contributed by atoms with Gasteiger partial charge >= 0.3 is 0 Å². The van der Waals surface area contributed by atoms with Crippen LogP contribution in [-0.4, -0.2) is 18.2 Å². The van der Waals surface area contributed by atoms with Gasteiger partial charge in [0.15, 0.2) is 0 Å².